The summed E-state index contributed by atoms with van der Waals surface area (Å²) in [5.74, 6) is -0.714. The molecule has 1 unspecified atom stereocenters. The van der Waals surface area contributed by atoms with E-state index in [0.29, 0.717) is 23.3 Å². The lowest BCUT2D eigenvalue weighted by Crippen LogP contribution is -2.34. The fraction of sp³-hybridized carbons (Fsp3) is 0.269. The van der Waals surface area contributed by atoms with E-state index in [1.54, 1.807) is 38.2 Å². The zero-order valence-electron chi connectivity index (χ0n) is 19.0. The summed E-state index contributed by atoms with van der Waals surface area (Å²) in [4.78, 5) is 27.1. The maximum atomic E-state index is 12.4. The summed E-state index contributed by atoms with van der Waals surface area (Å²) in [5.41, 5.74) is 5.06. The van der Waals surface area contributed by atoms with Crippen molar-refractivity contribution in [2.24, 2.45) is 5.16 Å². The molecule has 4 N–H and O–H groups in total. The minimum Gasteiger partial charge on any atom is -0.411 e. The standard InChI is InChI=1S/C26H29N3O4/c1-16-6-4-5-7-21(16)13-23(29-33)24(22-12-17(2)25(31)27-14-22)19-8-10-20(11-9-19)26(32)28-18(3)15-30/h4-12,14,18,24,30,33H,13,15H2,1-3H3,(H,27,31)(H,28,32)/b29-23+/t18-,24?/m0/s1. The Balaban J connectivity index is 2.01. The van der Waals surface area contributed by atoms with E-state index in [9.17, 15) is 14.8 Å². The number of benzene rings is 2. The minimum atomic E-state index is -0.432. The molecule has 0 aliphatic heterocycles. The van der Waals surface area contributed by atoms with Gasteiger partial charge in [-0.1, -0.05) is 41.6 Å². The van der Waals surface area contributed by atoms with E-state index in [4.69, 9.17) is 5.11 Å². The van der Waals surface area contributed by atoms with Crippen molar-refractivity contribution in [1.82, 2.24) is 10.3 Å². The van der Waals surface area contributed by atoms with Crippen molar-refractivity contribution in [1.29, 1.82) is 0 Å². The van der Waals surface area contributed by atoms with E-state index in [-0.39, 0.29) is 24.1 Å². The number of aromatic nitrogens is 1. The smallest absolute Gasteiger partial charge is 0.251 e. The summed E-state index contributed by atoms with van der Waals surface area (Å²) < 4.78 is 0. The van der Waals surface area contributed by atoms with E-state index in [0.717, 1.165) is 22.3 Å². The number of nitrogens with zero attached hydrogens (tertiary/aromatic N) is 1. The number of carbonyl (C=O) groups is 1. The molecule has 7 heteroatoms. The third kappa shape index (κ3) is 5.75. The third-order valence-electron chi connectivity index (χ3n) is 5.70. The first-order chi connectivity index (χ1) is 15.8. The second kappa shape index (κ2) is 10.7. The molecule has 1 aromatic heterocycles. The van der Waals surface area contributed by atoms with Crippen LogP contribution in [0.5, 0.6) is 0 Å². The van der Waals surface area contributed by atoms with Crippen molar-refractivity contribution in [3.8, 4) is 0 Å². The number of hydrogen-bond donors (Lipinski definition) is 4. The molecule has 33 heavy (non-hydrogen) atoms. The monoisotopic (exact) mass is 447 g/mol. The van der Waals surface area contributed by atoms with Crippen molar-refractivity contribution in [3.05, 3.63) is 105 Å². The molecule has 0 bridgehead atoms. The highest BCUT2D eigenvalue weighted by Crippen LogP contribution is 2.28. The van der Waals surface area contributed by atoms with Gasteiger partial charge in [0.25, 0.3) is 11.5 Å². The van der Waals surface area contributed by atoms with Crippen LogP contribution in [0, 0.1) is 13.8 Å². The number of aliphatic hydroxyl groups excluding tert-OH is 1. The van der Waals surface area contributed by atoms with Crippen molar-refractivity contribution >= 4 is 11.6 Å². The van der Waals surface area contributed by atoms with Gasteiger partial charge >= 0.3 is 0 Å². The molecule has 0 radical (unpaired) electrons. The number of aromatic amines is 1. The Morgan fingerprint density at radius 1 is 1.06 bits per heavy atom. The van der Waals surface area contributed by atoms with Gasteiger partial charge in [-0.3, -0.25) is 9.59 Å². The van der Waals surface area contributed by atoms with Crippen LogP contribution in [0.1, 0.15) is 51.0 Å². The number of aliphatic hydroxyl groups is 1. The van der Waals surface area contributed by atoms with Gasteiger partial charge in [0, 0.05) is 29.8 Å². The second-order valence-corrected chi connectivity index (χ2v) is 8.25. The van der Waals surface area contributed by atoms with Crippen LogP contribution in [0.3, 0.4) is 0 Å². The number of carbonyl (C=O) groups excluding carboxylic acids is 1. The second-order valence-electron chi connectivity index (χ2n) is 8.25. The molecule has 7 nitrogen and oxygen atoms in total. The highest BCUT2D eigenvalue weighted by Gasteiger charge is 2.23. The minimum absolute atomic E-state index is 0.146. The van der Waals surface area contributed by atoms with E-state index < -0.39 is 5.92 Å². The Morgan fingerprint density at radius 3 is 2.36 bits per heavy atom. The van der Waals surface area contributed by atoms with E-state index >= 15 is 0 Å². The first kappa shape index (κ1) is 23.9. The number of H-pyrrole nitrogens is 1. The van der Waals surface area contributed by atoms with Crippen molar-refractivity contribution in [2.45, 2.75) is 39.2 Å². The molecular formula is C26H29N3O4. The first-order valence-electron chi connectivity index (χ1n) is 10.8. The summed E-state index contributed by atoms with van der Waals surface area (Å²) >= 11 is 0. The summed E-state index contributed by atoms with van der Waals surface area (Å²) in [6.07, 6.45) is 2.05. The number of rotatable bonds is 8. The molecule has 0 aliphatic rings. The van der Waals surface area contributed by atoms with Gasteiger partial charge in [-0.2, -0.15) is 0 Å². The number of hydrogen-bond acceptors (Lipinski definition) is 5. The molecule has 172 valence electrons. The zero-order valence-corrected chi connectivity index (χ0v) is 19.0. The topological polar surface area (TPSA) is 115 Å². The fourth-order valence-electron chi connectivity index (χ4n) is 3.74. The molecule has 2 atom stereocenters. The quantitative estimate of drug-likeness (QED) is 0.241. The summed E-state index contributed by atoms with van der Waals surface area (Å²) in [5, 5.41) is 25.5. The van der Waals surface area contributed by atoms with Crippen LogP contribution in [0.15, 0.2) is 70.7 Å². The van der Waals surface area contributed by atoms with E-state index in [1.165, 1.54) is 0 Å². The lowest BCUT2D eigenvalue weighted by atomic mass is 9.84. The van der Waals surface area contributed by atoms with Gasteiger partial charge in [0.05, 0.1) is 18.2 Å². The first-order valence-corrected chi connectivity index (χ1v) is 10.8. The Kier molecular flexibility index (Phi) is 7.79. The molecular weight excluding hydrogens is 418 g/mol. The predicted octanol–water partition coefficient (Wildman–Crippen LogP) is 3.31. The number of oxime groups is 1. The van der Waals surface area contributed by atoms with Crippen LogP contribution in [0.25, 0.3) is 0 Å². The average Bonchev–Trinajstić information content (AvgIpc) is 2.82. The summed E-state index contributed by atoms with van der Waals surface area (Å²) in [7, 11) is 0. The van der Waals surface area contributed by atoms with Crippen LogP contribution in [-0.2, 0) is 6.42 Å². The molecule has 3 aromatic rings. The Hall–Kier alpha value is -3.71. The highest BCUT2D eigenvalue weighted by molar-refractivity contribution is 5.96. The molecule has 0 fully saturated rings. The third-order valence-corrected chi connectivity index (χ3v) is 5.70. The Bertz CT molecular complexity index is 1200. The molecule has 0 saturated carbocycles. The predicted molar refractivity (Wildman–Crippen MR) is 128 cm³/mol. The summed E-state index contributed by atoms with van der Waals surface area (Å²) in [6, 6.07) is 16.4. The molecule has 0 spiro atoms. The van der Waals surface area contributed by atoms with Crippen molar-refractivity contribution in [3.63, 3.8) is 0 Å². The van der Waals surface area contributed by atoms with Crippen molar-refractivity contribution < 1.29 is 15.1 Å². The van der Waals surface area contributed by atoms with Crippen LogP contribution in [-0.4, -0.2) is 39.6 Å². The number of nitrogens with one attached hydrogen (secondary N) is 2. The van der Waals surface area contributed by atoms with E-state index in [2.05, 4.69) is 15.5 Å². The number of pyridine rings is 1. The van der Waals surface area contributed by atoms with Crippen LogP contribution >= 0.6 is 0 Å². The number of aryl methyl sites for hydroxylation is 2. The lowest BCUT2D eigenvalue weighted by Gasteiger charge is -2.21. The van der Waals surface area contributed by atoms with Crippen LogP contribution in [0.2, 0.25) is 0 Å². The molecule has 1 amide bonds. The zero-order chi connectivity index (χ0) is 24.0. The van der Waals surface area contributed by atoms with Gasteiger partial charge in [-0.05, 0) is 61.2 Å². The summed E-state index contributed by atoms with van der Waals surface area (Å²) in [6.45, 7) is 5.31. The molecule has 0 aliphatic carbocycles. The van der Waals surface area contributed by atoms with Crippen molar-refractivity contribution in [2.75, 3.05) is 6.61 Å². The number of amides is 1. The van der Waals surface area contributed by atoms with Gasteiger partial charge in [0.2, 0.25) is 0 Å². The molecule has 0 saturated heterocycles. The molecule has 1 heterocycles. The van der Waals surface area contributed by atoms with Gasteiger partial charge in [0.15, 0.2) is 0 Å². The lowest BCUT2D eigenvalue weighted by molar-refractivity contribution is 0.0922. The molecule has 3 rings (SSSR count). The Morgan fingerprint density at radius 2 is 1.76 bits per heavy atom. The SMILES string of the molecule is Cc1ccccc1C/C(=N\O)C(c1ccc(C(=O)N[C@@H](C)CO)cc1)c1c[nH]c(=O)c(C)c1. The van der Waals surface area contributed by atoms with Gasteiger partial charge in [-0.15, -0.1) is 0 Å². The van der Waals surface area contributed by atoms with Crippen LogP contribution in [0.4, 0.5) is 0 Å². The van der Waals surface area contributed by atoms with Gasteiger partial charge in [0.1, 0.15) is 0 Å². The fourth-order valence-corrected chi connectivity index (χ4v) is 3.74. The van der Waals surface area contributed by atoms with Crippen LogP contribution < -0.4 is 10.9 Å². The average molecular weight is 448 g/mol. The van der Waals surface area contributed by atoms with Gasteiger partial charge in [-0.25, -0.2) is 0 Å². The maximum Gasteiger partial charge on any atom is 0.251 e. The largest absolute Gasteiger partial charge is 0.411 e. The molecule has 2 aromatic carbocycles. The maximum absolute atomic E-state index is 12.4. The van der Waals surface area contributed by atoms with Gasteiger partial charge < -0.3 is 20.6 Å². The Labute approximate surface area is 192 Å². The normalized spacial score (nSPS) is 13.4. The highest BCUT2D eigenvalue weighted by atomic mass is 16.4. The van der Waals surface area contributed by atoms with E-state index in [1.807, 2.05) is 43.3 Å².